The van der Waals surface area contributed by atoms with Gasteiger partial charge in [-0.1, -0.05) is 24.3 Å². The standard InChI is InChI=1S/C17H16O4/c1-2-20-17(19)10-16-13-6-4-3-5-12(13)14-9-11(18)7-8-15(14)21-16/h3-9,15,18H,2,10H2,1H3. The van der Waals surface area contributed by atoms with E-state index < -0.39 is 0 Å². The van der Waals surface area contributed by atoms with Crippen LogP contribution in [0.15, 0.2) is 48.3 Å². The smallest absolute Gasteiger partial charge is 0.313 e. The number of carbonyl (C=O) groups is 1. The highest BCUT2D eigenvalue weighted by Crippen LogP contribution is 2.23. The molecule has 4 nitrogen and oxygen atoms in total. The Morgan fingerprint density at radius 1 is 1.33 bits per heavy atom. The fraction of sp³-hybridized carbons (Fsp3) is 0.235. The van der Waals surface area contributed by atoms with E-state index >= 15 is 0 Å². The second-order valence-corrected chi connectivity index (χ2v) is 4.87. The maximum Gasteiger partial charge on any atom is 0.313 e. The molecule has 1 aliphatic carbocycles. The topological polar surface area (TPSA) is 55.8 Å². The van der Waals surface area contributed by atoms with Crippen LogP contribution in [0.4, 0.5) is 0 Å². The summed E-state index contributed by atoms with van der Waals surface area (Å²) in [7, 11) is 0. The Balaban J connectivity index is 2.15. The summed E-state index contributed by atoms with van der Waals surface area (Å²) in [6.07, 6.45) is 4.92. The van der Waals surface area contributed by atoms with Crippen LogP contribution in [-0.4, -0.2) is 23.8 Å². The van der Waals surface area contributed by atoms with Gasteiger partial charge in [-0.25, -0.2) is 0 Å². The predicted molar refractivity (Wildman–Crippen MR) is 78.5 cm³/mol. The van der Waals surface area contributed by atoms with Crippen molar-refractivity contribution in [2.45, 2.75) is 19.4 Å². The molecule has 0 spiro atoms. The fourth-order valence-electron chi connectivity index (χ4n) is 2.59. The molecule has 1 atom stereocenters. The molecule has 2 aliphatic rings. The van der Waals surface area contributed by atoms with Gasteiger partial charge in [-0.2, -0.15) is 0 Å². The minimum absolute atomic E-state index is 0.109. The van der Waals surface area contributed by atoms with E-state index in [0.29, 0.717) is 12.4 Å². The first-order valence-corrected chi connectivity index (χ1v) is 6.92. The Morgan fingerprint density at radius 2 is 2.10 bits per heavy atom. The Labute approximate surface area is 122 Å². The molecular formula is C17H16O4. The lowest BCUT2D eigenvalue weighted by Gasteiger charge is -2.25. The van der Waals surface area contributed by atoms with E-state index in [0.717, 1.165) is 16.0 Å². The van der Waals surface area contributed by atoms with E-state index in [4.69, 9.17) is 9.47 Å². The van der Waals surface area contributed by atoms with Gasteiger partial charge in [-0.05, 0) is 30.4 Å². The summed E-state index contributed by atoms with van der Waals surface area (Å²) in [5.41, 5.74) is 0.901. The SMILES string of the molecule is CCOC(=O)CC1=c2ccccc2=C2C=C(O)C=CC2O1. The van der Waals surface area contributed by atoms with Gasteiger partial charge in [-0.15, -0.1) is 0 Å². The normalized spacial score (nSPS) is 19.3. The Bertz CT molecular complexity index is 755. The van der Waals surface area contributed by atoms with Gasteiger partial charge in [0.1, 0.15) is 24.0 Å². The van der Waals surface area contributed by atoms with Crippen LogP contribution in [0.3, 0.4) is 0 Å². The third-order valence-electron chi connectivity index (χ3n) is 3.47. The molecule has 1 aromatic carbocycles. The zero-order valence-electron chi connectivity index (χ0n) is 11.7. The highest BCUT2D eigenvalue weighted by molar-refractivity contribution is 5.80. The lowest BCUT2D eigenvalue weighted by Crippen LogP contribution is -2.39. The van der Waals surface area contributed by atoms with Crippen LogP contribution in [0.2, 0.25) is 0 Å². The van der Waals surface area contributed by atoms with Crippen molar-refractivity contribution in [1.82, 2.24) is 0 Å². The third kappa shape index (κ3) is 2.57. The number of carbonyl (C=O) groups excluding carboxylic acids is 1. The van der Waals surface area contributed by atoms with Gasteiger partial charge in [0.25, 0.3) is 0 Å². The van der Waals surface area contributed by atoms with Crippen molar-refractivity contribution in [1.29, 1.82) is 0 Å². The first-order chi connectivity index (χ1) is 10.2. The summed E-state index contributed by atoms with van der Waals surface area (Å²) < 4.78 is 10.9. The molecule has 0 amide bonds. The zero-order valence-corrected chi connectivity index (χ0v) is 11.7. The van der Waals surface area contributed by atoms with Crippen LogP contribution in [0.25, 0.3) is 11.3 Å². The molecule has 21 heavy (non-hydrogen) atoms. The Morgan fingerprint density at radius 3 is 2.86 bits per heavy atom. The van der Waals surface area contributed by atoms with Crippen molar-refractivity contribution < 1.29 is 19.4 Å². The first kappa shape index (κ1) is 13.5. The molecule has 4 heteroatoms. The monoisotopic (exact) mass is 284 g/mol. The maximum absolute atomic E-state index is 11.7. The summed E-state index contributed by atoms with van der Waals surface area (Å²) >= 11 is 0. The van der Waals surface area contributed by atoms with E-state index in [1.165, 1.54) is 0 Å². The van der Waals surface area contributed by atoms with Crippen LogP contribution in [0, 0.1) is 0 Å². The number of esters is 1. The summed E-state index contributed by atoms with van der Waals surface area (Å²) in [5, 5.41) is 11.5. The summed E-state index contributed by atoms with van der Waals surface area (Å²) in [6.45, 7) is 2.13. The summed E-state index contributed by atoms with van der Waals surface area (Å²) in [6, 6.07) is 7.71. The number of hydrogen-bond acceptors (Lipinski definition) is 4. The summed E-state index contributed by atoms with van der Waals surface area (Å²) in [4.78, 5) is 11.7. The highest BCUT2D eigenvalue weighted by Gasteiger charge is 2.24. The molecule has 3 rings (SSSR count). The first-order valence-electron chi connectivity index (χ1n) is 6.92. The van der Waals surface area contributed by atoms with Gasteiger partial charge in [0.2, 0.25) is 0 Å². The van der Waals surface area contributed by atoms with Crippen LogP contribution < -0.4 is 10.4 Å². The minimum atomic E-state index is -0.302. The number of rotatable bonds is 3. The van der Waals surface area contributed by atoms with Crippen LogP contribution in [0.1, 0.15) is 13.3 Å². The quantitative estimate of drug-likeness (QED) is 0.850. The largest absolute Gasteiger partial charge is 0.508 e. The van der Waals surface area contributed by atoms with Gasteiger partial charge in [0, 0.05) is 10.8 Å². The average molecular weight is 284 g/mol. The van der Waals surface area contributed by atoms with Gasteiger partial charge in [0.15, 0.2) is 0 Å². The molecule has 0 radical (unpaired) electrons. The second kappa shape index (κ2) is 5.48. The highest BCUT2D eigenvalue weighted by atomic mass is 16.5. The molecule has 1 N–H and O–H groups in total. The average Bonchev–Trinajstić information content (AvgIpc) is 2.48. The predicted octanol–water partition coefficient (Wildman–Crippen LogP) is 1.31. The molecule has 1 heterocycles. The minimum Gasteiger partial charge on any atom is -0.508 e. The van der Waals surface area contributed by atoms with Gasteiger partial charge >= 0.3 is 5.97 Å². The third-order valence-corrected chi connectivity index (χ3v) is 3.47. The molecule has 1 unspecified atom stereocenters. The molecule has 0 aromatic heterocycles. The van der Waals surface area contributed by atoms with Gasteiger partial charge in [-0.3, -0.25) is 4.79 Å². The molecule has 1 aliphatic heterocycles. The van der Waals surface area contributed by atoms with Gasteiger partial charge in [0.05, 0.1) is 6.61 Å². The molecule has 0 bridgehead atoms. The van der Waals surface area contributed by atoms with Crippen molar-refractivity contribution in [2.24, 2.45) is 0 Å². The number of ether oxygens (including phenoxy) is 2. The Kier molecular flexibility index (Phi) is 3.52. The number of aliphatic hydroxyl groups excluding tert-OH is 1. The maximum atomic E-state index is 11.7. The van der Waals surface area contributed by atoms with E-state index in [1.54, 1.807) is 25.2 Å². The van der Waals surface area contributed by atoms with Crippen molar-refractivity contribution >= 4 is 17.3 Å². The zero-order chi connectivity index (χ0) is 14.8. The lowest BCUT2D eigenvalue weighted by molar-refractivity contribution is -0.142. The van der Waals surface area contributed by atoms with Crippen molar-refractivity contribution in [2.75, 3.05) is 6.61 Å². The molecule has 0 fully saturated rings. The number of hydrogen-bond donors (Lipinski definition) is 1. The van der Waals surface area contributed by atoms with Crippen LogP contribution in [-0.2, 0) is 14.3 Å². The van der Waals surface area contributed by atoms with Crippen LogP contribution in [0.5, 0.6) is 0 Å². The van der Waals surface area contributed by atoms with E-state index in [-0.39, 0.29) is 24.3 Å². The number of benzene rings is 1. The van der Waals surface area contributed by atoms with Crippen molar-refractivity contribution in [3.63, 3.8) is 0 Å². The second-order valence-electron chi connectivity index (χ2n) is 4.87. The molecule has 108 valence electrons. The van der Waals surface area contributed by atoms with Crippen molar-refractivity contribution in [3.05, 3.63) is 58.7 Å². The van der Waals surface area contributed by atoms with Crippen molar-refractivity contribution in [3.8, 4) is 0 Å². The van der Waals surface area contributed by atoms with E-state index in [9.17, 15) is 9.90 Å². The Hall–Kier alpha value is -2.49. The molecule has 1 aromatic rings. The molecule has 0 saturated carbocycles. The van der Waals surface area contributed by atoms with Crippen LogP contribution >= 0.6 is 0 Å². The van der Waals surface area contributed by atoms with Gasteiger partial charge < -0.3 is 14.6 Å². The summed E-state index contributed by atoms with van der Waals surface area (Å²) in [5.74, 6) is 0.509. The lowest BCUT2D eigenvalue weighted by atomic mass is 9.96. The van der Waals surface area contributed by atoms with E-state index in [2.05, 4.69) is 0 Å². The number of allylic oxidation sites excluding steroid dienone is 1. The molecule has 0 saturated heterocycles. The number of fused-ring (bicyclic) bond motifs is 2. The number of aliphatic hydroxyl groups is 1. The van der Waals surface area contributed by atoms with E-state index in [1.807, 2.05) is 24.3 Å². The molecular weight excluding hydrogens is 268 g/mol. The fourth-order valence-corrected chi connectivity index (χ4v) is 2.59.